The van der Waals surface area contributed by atoms with Gasteiger partial charge in [-0.25, -0.2) is 0 Å². The van der Waals surface area contributed by atoms with Gasteiger partial charge in [0.15, 0.2) is 0 Å². The van der Waals surface area contributed by atoms with Crippen molar-refractivity contribution < 1.29 is 22.7 Å². The summed E-state index contributed by atoms with van der Waals surface area (Å²) >= 11 is 0. The lowest BCUT2D eigenvalue weighted by Gasteiger charge is -2.30. The Balaban J connectivity index is 1.55. The average molecular weight is 393 g/mol. The van der Waals surface area contributed by atoms with Gasteiger partial charge in [-0.05, 0) is 55.7 Å². The van der Waals surface area contributed by atoms with Gasteiger partial charge in [0.1, 0.15) is 5.75 Å². The number of hydrogen-bond acceptors (Lipinski definition) is 4. The number of carbonyl (C=O) groups excluding carboxylic acids is 1. The summed E-state index contributed by atoms with van der Waals surface area (Å²) in [6, 6.07) is 12.9. The molecule has 5 nitrogen and oxygen atoms in total. The molecular weight excluding hydrogens is 371 g/mol. The molecule has 150 valence electrons. The lowest BCUT2D eigenvalue weighted by atomic mass is 10.1. The first-order valence-electron chi connectivity index (χ1n) is 9.14. The monoisotopic (exact) mass is 393 g/mol. The number of anilines is 3. The molecule has 3 rings (SSSR count). The molecular formula is C20H22F3N3O2. The number of para-hydroxylation sites is 2. The second-order valence-corrected chi connectivity index (χ2v) is 6.54. The highest BCUT2D eigenvalue weighted by atomic mass is 19.4. The number of alkyl halides is 3. The Morgan fingerprint density at radius 3 is 2.36 bits per heavy atom. The van der Waals surface area contributed by atoms with Crippen molar-refractivity contribution in [1.29, 1.82) is 0 Å². The molecule has 2 aromatic rings. The van der Waals surface area contributed by atoms with Crippen LogP contribution in [0.15, 0.2) is 48.5 Å². The van der Waals surface area contributed by atoms with E-state index in [1.807, 2.05) is 24.3 Å². The van der Waals surface area contributed by atoms with Crippen LogP contribution >= 0.6 is 0 Å². The van der Waals surface area contributed by atoms with Crippen LogP contribution in [-0.2, 0) is 4.79 Å². The molecule has 0 saturated carbocycles. The maximum absolute atomic E-state index is 12.2. The van der Waals surface area contributed by atoms with Gasteiger partial charge in [0.25, 0.3) is 0 Å². The molecule has 1 saturated heterocycles. The zero-order valence-electron chi connectivity index (χ0n) is 15.3. The van der Waals surface area contributed by atoms with Crippen LogP contribution in [-0.4, -0.2) is 31.9 Å². The Kier molecular flexibility index (Phi) is 6.28. The molecule has 1 amide bonds. The Morgan fingerprint density at radius 1 is 1.00 bits per heavy atom. The summed E-state index contributed by atoms with van der Waals surface area (Å²) < 4.78 is 40.3. The minimum absolute atomic E-state index is 0.0473. The van der Waals surface area contributed by atoms with E-state index < -0.39 is 6.36 Å². The van der Waals surface area contributed by atoms with E-state index in [1.54, 1.807) is 0 Å². The maximum Gasteiger partial charge on any atom is 0.573 e. The van der Waals surface area contributed by atoms with Crippen molar-refractivity contribution in [2.75, 3.05) is 35.2 Å². The van der Waals surface area contributed by atoms with Crippen LogP contribution in [0.1, 0.15) is 19.3 Å². The van der Waals surface area contributed by atoms with Gasteiger partial charge in [0.05, 0.1) is 17.9 Å². The molecule has 2 aromatic carbocycles. The molecule has 0 bridgehead atoms. The van der Waals surface area contributed by atoms with E-state index in [-0.39, 0.29) is 18.2 Å². The second-order valence-electron chi connectivity index (χ2n) is 6.54. The number of piperidine rings is 1. The van der Waals surface area contributed by atoms with E-state index in [1.165, 1.54) is 18.6 Å². The van der Waals surface area contributed by atoms with Crippen LogP contribution in [0.2, 0.25) is 0 Å². The number of ether oxygens (including phenoxy) is 1. The molecule has 0 aliphatic carbocycles. The van der Waals surface area contributed by atoms with Gasteiger partial charge in [0.2, 0.25) is 5.91 Å². The van der Waals surface area contributed by atoms with E-state index in [4.69, 9.17) is 0 Å². The van der Waals surface area contributed by atoms with Gasteiger partial charge >= 0.3 is 6.36 Å². The summed E-state index contributed by atoms with van der Waals surface area (Å²) in [4.78, 5) is 14.5. The number of amides is 1. The molecule has 28 heavy (non-hydrogen) atoms. The van der Waals surface area contributed by atoms with Crippen LogP contribution in [0.5, 0.6) is 5.75 Å². The smallest absolute Gasteiger partial charge is 0.406 e. The number of hydrogen-bond donors (Lipinski definition) is 2. The fourth-order valence-corrected chi connectivity index (χ4v) is 3.15. The quantitative estimate of drug-likeness (QED) is 0.752. The molecule has 0 spiro atoms. The van der Waals surface area contributed by atoms with Crippen LogP contribution in [0.25, 0.3) is 0 Å². The minimum atomic E-state index is -4.74. The highest BCUT2D eigenvalue weighted by Gasteiger charge is 2.30. The number of nitrogens with one attached hydrogen (secondary N) is 2. The van der Waals surface area contributed by atoms with Gasteiger partial charge in [-0.15, -0.1) is 13.2 Å². The lowest BCUT2D eigenvalue weighted by Crippen LogP contribution is -2.30. The maximum atomic E-state index is 12.2. The van der Waals surface area contributed by atoms with Crippen molar-refractivity contribution >= 4 is 23.0 Å². The van der Waals surface area contributed by atoms with Crippen LogP contribution in [0.4, 0.5) is 30.2 Å². The lowest BCUT2D eigenvalue weighted by molar-refractivity contribution is -0.274. The third-order valence-electron chi connectivity index (χ3n) is 4.41. The molecule has 2 N–H and O–H groups in total. The van der Waals surface area contributed by atoms with Crippen LogP contribution in [0, 0.1) is 0 Å². The van der Waals surface area contributed by atoms with Crippen molar-refractivity contribution in [1.82, 2.24) is 0 Å². The topological polar surface area (TPSA) is 53.6 Å². The third kappa shape index (κ3) is 5.80. The Morgan fingerprint density at radius 2 is 1.68 bits per heavy atom. The molecule has 1 aliphatic heterocycles. The van der Waals surface area contributed by atoms with Gasteiger partial charge < -0.3 is 20.3 Å². The SMILES string of the molecule is O=C(CNc1ccccc1N1CCCCC1)Nc1ccc(OC(F)(F)F)cc1. The second kappa shape index (κ2) is 8.86. The molecule has 1 fully saturated rings. The van der Waals surface area contributed by atoms with Gasteiger partial charge in [0, 0.05) is 18.8 Å². The van der Waals surface area contributed by atoms with E-state index in [2.05, 4.69) is 20.3 Å². The molecule has 0 aromatic heterocycles. The Bertz CT molecular complexity index is 788. The molecule has 0 radical (unpaired) electrons. The van der Waals surface area contributed by atoms with E-state index in [9.17, 15) is 18.0 Å². The zero-order valence-corrected chi connectivity index (χ0v) is 15.3. The van der Waals surface area contributed by atoms with Crippen molar-refractivity contribution in [2.45, 2.75) is 25.6 Å². The third-order valence-corrected chi connectivity index (χ3v) is 4.41. The first-order chi connectivity index (χ1) is 13.4. The Hall–Kier alpha value is -2.90. The van der Waals surface area contributed by atoms with Crippen molar-refractivity contribution in [3.05, 3.63) is 48.5 Å². The zero-order chi connectivity index (χ0) is 20.0. The molecule has 1 aliphatic rings. The van der Waals surface area contributed by atoms with E-state index in [0.29, 0.717) is 5.69 Å². The number of benzene rings is 2. The summed E-state index contributed by atoms with van der Waals surface area (Å²) in [6.07, 6.45) is -1.19. The van der Waals surface area contributed by atoms with Crippen molar-refractivity contribution in [3.8, 4) is 5.75 Å². The molecule has 8 heteroatoms. The fourth-order valence-electron chi connectivity index (χ4n) is 3.15. The normalized spacial score (nSPS) is 14.5. The van der Waals surface area contributed by atoms with Gasteiger partial charge in [-0.2, -0.15) is 0 Å². The van der Waals surface area contributed by atoms with E-state index >= 15 is 0 Å². The predicted molar refractivity (Wildman–Crippen MR) is 103 cm³/mol. The predicted octanol–water partition coefficient (Wildman–Crippen LogP) is 4.63. The van der Waals surface area contributed by atoms with Gasteiger partial charge in [-0.1, -0.05) is 12.1 Å². The van der Waals surface area contributed by atoms with Crippen LogP contribution in [0.3, 0.4) is 0 Å². The average Bonchev–Trinajstić information content (AvgIpc) is 2.68. The number of halogens is 3. The molecule has 0 atom stereocenters. The Labute approximate surface area is 161 Å². The summed E-state index contributed by atoms with van der Waals surface area (Å²) in [6.45, 7) is 2.04. The summed E-state index contributed by atoms with van der Waals surface area (Å²) in [5, 5.41) is 5.80. The number of rotatable bonds is 6. The highest BCUT2D eigenvalue weighted by molar-refractivity contribution is 5.94. The molecule has 1 heterocycles. The highest BCUT2D eigenvalue weighted by Crippen LogP contribution is 2.28. The van der Waals surface area contributed by atoms with Crippen molar-refractivity contribution in [2.24, 2.45) is 0 Å². The standard InChI is InChI=1S/C20H22F3N3O2/c21-20(22,23)28-16-10-8-15(9-11-16)25-19(27)14-24-17-6-2-3-7-18(17)26-12-4-1-5-13-26/h2-3,6-11,24H,1,4-5,12-14H2,(H,25,27). The minimum Gasteiger partial charge on any atom is -0.406 e. The fraction of sp³-hybridized carbons (Fsp3) is 0.350. The summed E-state index contributed by atoms with van der Waals surface area (Å²) in [7, 11) is 0. The first kappa shape index (κ1) is 19.9. The largest absolute Gasteiger partial charge is 0.573 e. The van der Waals surface area contributed by atoms with Crippen LogP contribution < -0.4 is 20.3 Å². The summed E-state index contributed by atoms with van der Waals surface area (Å²) in [5.41, 5.74) is 2.35. The van der Waals surface area contributed by atoms with Crippen molar-refractivity contribution in [3.63, 3.8) is 0 Å². The number of nitrogens with zero attached hydrogens (tertiary/aromatic N) is 1. The van der Waals surface area contributed by atoms with Gasteiger partial charge in [-0.3, -0.25) is 4.79 Å². The van der Waals surface area contributed by atoms with E-state index in [0.717, 1.165) is 49.4 Å². The first-order valence-corrected chi connectivity index (χ1v) is 9.14. The number of carbonyl (C=O) groups is 1. The summed E-state index contributed by atoms with van der Waals surface area (Å²) in [5.74, 6) is -0.628. The molecule has 0 unspecified atom stereocenters.